The summed E-state index contributed by atoms with van der Waals surface area (Å²) >= 11 is 0. The fraction of sp³-hybridized carbons (Fsp3) is 0.500. The number of nitrogens with one attached hydrogen (secondary N) is 1. The maximum Gasteiger partial charge on any atom is 0.321 e. The van der Waals surface area contributed by atoms with Gasteiger partial charge >= 0.3 is 6.03 Å². The third-order valence-electron chi connectivity index (χ3n) is 5.56. The average molecular weight is 382 g/mol. The zero-order chi connectivity index (χ0) is 19.5. The van der Waals surface area contributed by atoms with E-state index in [1.807, 2.05) is 6.07 Å². The molecule has 0 saturated carbocycles. The SMILES string of the molecule is N#Cc1cc(F)ccc1NC(=O)N1CCC[C@@H](c2nnc3n2CCCCC3)C1. The van der Waals surface area contributed by atoms with Crippen LogP contribution >= 0.6 is 0 Å². The fourth-order valence-electron chi connectivity index (χ4n) is 4.09. The number of fused-ring (bicyclic) bond motifs is 1. The van der Waals surface area contributed by atoms with E-state index in [9.17, 15) is 9.18 Å². The number of nitrogens with zero attached hydrogens (tertiary/aromatic N) is 5. The molecule has 1 atom stereocenters. The molecule has 0 aliphatic carbocycles. The zero-order valence-corrected chi connectivity index (χ0v) is 15.7. The molecule has 1 aromatic carbocycles. The molecular formula is C20H23FN6O. The Morgan fingerprint density at radius 2 is 2.11 bits per heavy atom. The minimum absolute atomic E-state index is 0.115. The summed E-state index contributed by atoms with van der Waals surface area (Å²) in [5.74, 6) is 1.69. The van der Waals surface area contributed by atoms with Crippen molar-refractivity contribution in [3.8, 4) is 6.07 Å². The fourth-order valence-corrected chi connectivity index (χ4v) is 4.09. The van der Waals surface area contributed by atoms with Gasteiger partial charge in [-0.1, -0.05) is 6.42 Å². The van der Waals surface area contributed by atoms with E-state index < -0.39 is 5.82 Å². The van der Waals surface area contributed by atoms with Crippen molar-refractivity contribution in [1.29, 1.82) is 5.26 Å². The molecule has 7 nitrogen and oxygen atoms in total. The lowest BCUT2D eigenvalue weighted by Gasteiger charge is -2.32. The Kier molecular flexibility index (Phi) is 5.24. The number of halogens is 1. The van der Waals surface area contributed by atoms with E-state index >= 15 is 0 Å². The van der Waals surface area contributed by atoms with E-state index in [-0.39, 0.29) is 17.5 Å². The number of urea groups is 1. The summed E-state index contributed by atoms with van der Waals surface area (Å²) in [4.78, 5) is 14.5. The van der Waals surface area contributed by atoms with Gasteiger partial charge in [-0.3, -0.25) is 0 Å². The largest absolute Gasteiger partial charge is 0.324 e. The van der Waals surface area contributed by atoms with Gasteiger partial charge in [0.15, 0.2) is 0 Å². The van der Waals surface area contributed by atoms with Gasteiger partial charge in [-0.25, -0.2) is 9.18 Å². The lowest BCUT2D eigenvalue weighted by atomic mass is 9.97. The number of piperidine rings is 1. The maximum absolute atomic E-state index is 13.3. The van der Waals surface area contributed by atoms with Crippen molar-refractivity contribution in [3.63, 3.8) is 0 Å². The average Bonchev–Trinajstić information content (AvgIpc) is 2.97. The van der Waals surface area contributed by atoms with Gasteiger partial charge in [0, 0.05) is 32.0 Å². The second-order valence-corrected chi connectivity index (χ2v) is 7.45. The molecule has 2 aliphatic rings. The highest BCUT2D eigenvalue weighted by atomic mass is 19.1. The predicted octanol–water partition coefficient (Wildman–Crippen LogP) is 3.43. The van der Waals surface area contributed by atoms with Crippen molar-refractivity contribution in [2.45, 2.75) is 51.0 Å². The number of carbonyl (C=O) groups excluding carboxylic acids is 1. The van der Waals surface area contributed by atoms with Crippen molar-refractivity contribution in [2.24, 2.45) is 0 Å². The van der Waals surface area contributed by atoms with Gasteiger partial charge in [-0.2, -0.15) is 5.26 Å². The Morgan fingerprint density at radius 3 is 2.96 bits per heavy atom. The molecule has 28 heavy (non-hydrogen) atoms. The topological polar surface area (TPSA) is 86.8 Å². The number of aryl methyl sites for hydroxylation is 1. The number of likely N-dealkylation sites (tertiary alicyclic amines) is 1. The van der Waals surface area contributed by atoms with Crippen LogP contribution in [0.3, 0.4) is 0 Å². The molecule has 3 heterocycles. The number of amides is 2. The molecule has 0 bridgehead atoms. The van der Waals surface area contributed by atoms with Crippen molar-refractivity contribution >= 4 is 11.7 Å². The van der Waals surface area contributed by atoms with E-state index in [4.69, 9.17) is 5.26 Å². The number of rotatable bonds is 2. The molecule has 8 heteroatoms. The molecule has 0 radical (unpaired) electrons. The third kappa shape index (κ3) is 3.70. The van der Waals surface area contributed by atoms with Gasteiger partial charge in [0.25, 0.3) is 0 Å². The van der Waals surface area contributed by atoms with Crippen LogP contribution in [0.5, 0.6) is 0 Å². The molecule has 0 spiro atoms. The Bertz CT molecular complexity index is 918. The van der Waals surface area contributed by atoms with E-state index in [1.54, 1.807) is 4.90 Å². The molecule has 2 aromatic rings. The molecule has 1 aromatic heterocycles. The number of nitriles is 1. The molecule has 4 rings (SSSR count). The second kappa shape index (κ2) is 7.97. The molecule has 1 fully saturated rings. The van der Waals surface area contributed by atoms with E-state index in [0.717, 1.165) is 56.4 Å². The molecule has 1 saturated heterocycles. The lowest BCUT2D eigenvalue weighted by molar-refractivity contribution is 0.190. The summed E-state index contributed by atoms with van der Waals surface area (Å²) in [5, 5.41) is 20.8. The summed E-state index contributed by atoms with van der Waals surface area (Å²) in [6, 6.07) is 5.43. The van der Waals surface area contributed by atoms with Crippen molar-refractivity contribution in [1.82, 2.24) is 19.7 Å². The molecule has 1 N–H and O–H groups in total. The van der Waals surface area contributed by atoms with Crippen LogP contribution in [0.2, 0.25) is 0 Å². The Morgan fingerprint density at radius 1 is 1.21 bits per heavy atom. The Labute approximate surface area is 163 Å². The predicted molar refractivity (Wildman–Crippen MR) is 101 cm³/mol. The van der Waals surface area contributed by atoms with E-state index in [1.165, 1.54) is 18.6 Å². The van der Waals surface area contributed by atoms with Crippen LogP contribution < -0.4 is 5.32 Å². The number of aromatic nitrogens is 3. The molecule has 2 aliphatic heterocycles. The molecule has 2 amide bonds. The molecule has 146 valence electrons. The first kappa shape index (κ1) is 18.4. The molecular weight excluding hydrogens is 359 g/mol. The Hall–Kier alpha value is -2.95. The van der Waals surface area contributed by atoms with Crippen LogP contribution in [-0.2, 0) is 13.0 Å². The van der Waals surface area contributed by atoms with Gasteiger partial charge in [0.05, 0.1) is 11.3 Å². The first-order chi connectivity index (χ1) is 13.7. The van der Waals surface area contributed by atoms with Crippen molar-refractivity contribution in [3.05, 3.63) is 41.2 Å². The first-order valence-corrected chi connectivity index (χ1v) is 9.83. The summed E-state index contributed by atoms with van der Waals surface area (Å²) in [7, 11) is 0. The number of benzene rings is 1. The van der Waals surface area contributed by atoms with Gasteiger partial charge in [0.2, 0.25) is 0 Å². The van der Waals surface area contributed by atoms with Crippen LogP contribution in [0.4, 0.5) is 14.9 Å². The monoisotopic (exact) mass is 382 g/mol. The van der Waals surface area contributed by atoms with Crippen LogP contribution in [0, 0.1) is 17.1 Å². The normalized spacial score (nSPS) is 19.4. The summed E-state index contributed by atoms with van der Waals surface area (Å²) in [6.45, 7) is 2.15. The van der Waals surface area contributed by atoms with Crippen molar-refractivity contribution < 1.29 is 9.18 Å². The summed E-state index contributed by atoms with van der Waals surface area (Å²) in [6.07, 6.45) is 6.32. The van der Waals surface area contributed by atoms with Crippen LogP contribution in [0.15, 0.2) is 18.2 Å². The minimum atomic E-state index is -0.500. The van der Waals surface area contributed by atoms with Gasteiger partial charge in [-0.05, 0) is 43.9 Å². The number of hydrogen-bond donors (Lipinski definition) is 1. The first-order valence-electron chi connectivity index (χ1n) is 9.83. The Balaban J connectivity index is 1.48. The smallest absolute Gasteiger partial charge is 0.321 e. The number of carbonyl (C=O) groups is 1. The highest BCUT2D eigenvalue weighted by Crippen LogP contribution is 2.28. The van der Waals surface area contributed by atoms with Gasteiger partial charge < -0.3 is 14.8 Å². The van der Waals surface area contributed by atoms with E-state index in [0.29, 0.717) is 18.8 Å². The molecule has 0 unspecified atom stereocenters. The standard InChI is InChI=1S/C20H23FN6O/c21-16-7-8-17(15(11-16)12-22)23-20(28)26-9-4-5-14(13-26)19-25-24-18-6-2-1-3-10-27(18)19/h7-8,11,14H,1-6,9-10,13H2,(H,23,28)/t14-/m1/s1. The van der Waals surface area contributed by atoms with Crippen LogP contribution in [0.25, 0.3) is 0 Å². The zero-order valence-electron chi connectivity index (χ0n) is 15.7. The van der Waals surface area contributed by atoms with Crippen LogP contribution in [0.1, 0.15) is 55.2 Å². The highest BCUT2D eigenvalue weighted by Gasteiger charge is 2.29. The highest BCUT2D eigenvalue weighted by molar-refractivity contribution is 5.90. The van der Waals surface area contributed by atoms with Gasteiger partial charge in [0.1, 0.15) is 23.5 Å². The number of hydrogen-bond acceptors (Lipinski definition) is 4. The summed E-state index contributed by atoms with van der Waals surface area (Å²) in [5.41, 5.74) is 0.442. The second-order valence-electron chi connectivity index (χ2n) is 7.45. The third-order valence-corrected chi connectivity index (χ3v) is 5.56. The van der Waals surface area contributed by atoms with Crippen LogP contribution in [-0.4, -0.2) is 38.8 Å². The number of anilines is 1. The van der Waals surface area contributed by atoms with Gasteiger partial charge in [-0.15, -0.1) is 10.2 Å². The summed E-state index contributed by atoms with van der Waals surface area (Å²) < 4.78 is 15.6. The van der Waals surface area contributed by atoms with Crippen molar-refractivity contribution in [2.75, 3.05) is 18.4 Å². The van der Waals surface area contributed by atoms with E-state index in [2.05, 4.69) is 20.1 Å². The quantitative estimate of drug-likeness (QED) is 0.862. The minimum Gasteiger partial charge on any atom is -0.324 e. The maximum atomic E-state index is 13.3. The lowest BCUT2D eigenvalue weighted by Crippen LogP contribution is -2.42.